The molecule has 0 bridgehead atoms. The van der Waals surface area contributed by atoms with Crippen molar-refractivity contribution in [3.05, 3.63) is 82.6 Å². The first-order chi connectivity index (χ1) is 16.4. The van der Waals surface area contributed by atoms with Crippen LogP contribution in [0.15, 0.2) is 60.7 Å². The summed E-state index contributed by atoms with van der Waals surface area (Å²) in [6, 6.07) is 15.8. The summed E-state index contributed by atoms with van der Waals surface area (Å²) in [5.74, 6) is -0.795. The number of hydrogen-bond donors (Lipinski definition) is 1. The zero-order valence-electron chi connectivity index (χ0n) is 18.5. The number of rotatable bonds is 7. The number of ether oxygens (including phenoxy) is 3. The molecule has 0 fully saturated rings. The molecule has 0 saturated heterocycles. The van der Waals surface area contributed by atoms with Crippen LogP contribution in [0.25, 0.3) is 0 Å². The standard InChI is InChI=1S/C25H22ClFN2O5/c1-3-33-22(30)14-34-23-19(12-15(26)13-21(23)32-2)24-28-20-7-5-4-6-18(20)25(31)29(24)17-10-8-16(27)9-11-17/h4-13,24,28H,3,14H2,1-2H3/t24-/m0/s1. The van der Waals surface area contributed by atoms with E-state index in [1.165, 1.54) is 36.3 Å². The van der Waals surface area contributed by atoms with Crippen molar-refractivity contribution < 1.29 is 28.2 Å². The quantitative estimate of drug-likeness (QED) is 0.464. The van der Waals surface area contributed by atoms with E-state index >= 15 is 0 Å². The third-order valence-electron chi connectivity index (χ3n) is 5.23. The van der Waals surface area contributed by atoms with Crippen molar-refractivity contribution in [3.8, 4) is 11.5 Å². The lowest BCUT2D eigenvalue weighted by molar-refractivity contribution is -0.145. The van der Waals surface area contributed by atoms with Gasteiger partial charge in [-0.05, 0) is 49.4 Å². The van der Waals surface area contributed by atoms with Crippen LogP contribution in [0.4, 0.5) is 15.8 Å². The molecule has 1 aliphatic heterocycles. The van der Waals surface area contributed by atoms with Crippen molar-refractivity contribution in [3.63, 3.8) is 0 Å². The summed E-state index contributed by atoms with van der Waals surface area (Å²) >= 11 is 6.38. The zero-order chi connectivity index (χ0) is 24.2. The maximum atomic E-state index is 13.6. The Labute approximate surface area is 201 Å². The van der Waals surface area contributed by atoms with E-state index < -0.39 is 18.0 Å². The molecule has 176 valence electrons. The predicted octanol–water partition coefficient (Wildman–Crippen LogP) is 5.20. The number of nitrogens with zero attached hydrogens (tertiary/aromatic N) is 1. The van der Waals surface area contributed by atoms with Gasteiger partial charge in [-0.3, -0.25) is 9.69 Å². The molecule has 1 heterocycles. The van der Waals surface area contributed by atoms with Crippen LogP contribution < -0.4 is 19.7 Å². The third kappa shape index (κ3) is 4.63. The van der Waals surface area contributed by atoms with Gasteiger partial charge in [0.05, 0.1) is 19.3 Å². The van der Waals surface area contributed by atoms with Crippen molar-refractivity contribution >= 4 is 34.9 Å². The molecule has 0 aliphatic carbocycles. The fraction of sp³-hybridized carbons (Fsp3) is 0.200. The first kappa shape index (κ1) is 23.4. The first-order valence-electron chi connectivity index (χ1n) is 10.5. The Morgan fingerprint density at radius 1 is 1.15 bits per heavy atom. The van der Waals surface area contributed by atoms with Crippen molar-refractivity contribution in [1.82, 2.24) is 0 Å². The maximum absolute atomic E-state index is 13.6. The second-order valence-electron chi connectivity index (χ2n) is 7.36. The van der Waals surface area contributed by atoms with Gasteiger partial charge in [0.25, 0.3) is 5.91 Å². The Balaban J connectivity index is 1.86. The minimum absolute atomic E-state index is 0.209. The fourth-order valence-electron chi connectivity index (χ4n) is 3.77. The fourth-order valence-corrected chi connectivity index (χ4v) is 3.99. The van der Waals surface area contributed by atoms with Crippen LogP contribution in [-0.4, -0.2) is 32.2 Å². The number of benzene rings is 3. The number of carbonyl (C=O) groups is 2. The number of esters is 1. The van der Waals surface area contributed by atoms with Gasteiger partial charge in [0.2, 0.25) is 0 Å². The lowest BCUT2D eigenvalue weighted by atomic mass is 10.0. The van der Waals surface area contributed by atoms with E-state index in [0.29, 0.717) is 27.5 Å². The average Bonchev–Trinajstić information content (AvgIpc) is 2.83. The third-order valence-corrected chi connectivity index (χ3v) is 5.45. The van der Waals surface area contributed by atoms with Gasteiger partial charge < -0.3 is 19.5 Å². The second kappa shape index (κ2) is 10.0. The topological polar surface area (TPSA) is 77.1 Å². The Kier molecular flexibility index (Phi) is 6.88. The molecule has 0 aromatic heterocycles. The highest BCUT2D eigenvalue weighted by Crippen LogP contribution is 2.44. The lowest BCUT2D eigenvalue weighted by Crippen LogP contribution is -2.43. The molecule has 34 heavy (non-hydrogen) atoms. The summed E-state index contributed by atoms with van der Waals surface area (Å²) in [7, 11) is 1.44. The van der Waals surface area contributed by atoms with Crippen molar-refractivity contribution in [2.24, 2.45) is 0 Å². The zero-order valence-corrected chi connectivity index (χ0v) is 19.3. The van der Waals surface area contributed by atoms with Crippen molar-refractivity contribution in [2.45, 2.75) is 13.1 Å². The van der Waals surface area contributed by atoms with Crippen LogP contribution >= 0.6 is 11.6 Å². The summed E-state index contributed by atoms with van der Waals surface area (Å²) in [4.78, 5) is 27.1. The normalized spacial score (nSPS) is 14.8. The largest absolute Gasteiger partial charge is 0.493 e. The van der Waals surface area contributed by atoms with Gasteiger partial charge in [-0.1, -0.05) is 23.7 Å². The molecule has 0 unspecified atom stereocenters. The number of anilines is 2. The van der Waals surface area contributed by atoms with E-state index in [-0.39, 0.29) is 30.6 Å². The van der Waals surface area contributed by atoms with Gasteiger partial charge in [0.1, 0.15) is 12.0 Å². The number of para-hydroxylation sites is 1. The minimum Gasteiger partial charge on any atom is -0.493 e. The van der Waals surface area contributed by atoms with E-state index in [0.717, 1.165) is 0 Å². The monoisotopic (exact) mass is 484 g/mol. The molecule has 0 spiro atoms. The Hall–Kier alpha value is -3.78. The molecule has 9 heteroatoms. The van der Waals surface area contributed by atoms with Crippen LogP contribution in [0.2, 0.25) is 5.02 Å². The molecule has 1 atom stereocenters. The van der Waals surface area contributed by atoms with Gasteiger partial charge in [0.15, 0.2) is 18.1 Å². The molecular formula is C25H22ClFN2O5. The van der Waals surface area contributed by atoms with Crippen LogP contribution in [0.1, 0.15) is 29.0 Å². The number of nitrogens with one attached hydrogen (secondary N) is 1. The Morgan fingerprint density at radius 3 is 2.59 bits per heavy atom. The molecule has 0 radical (unpaired) electrons. The van der Waals surface area contributed by atoms with Gasteiger partial charge in [0, 0.05) is 28.0 Å². The molecule has 3 aromatic carbocycles. The molecular weight excluding hydrogens is 463 g/mol. The Morgan fingerprint density at radius 2 is 1.88 bits per heavy atom. The summed E-state index contributed by atoms with van der Waals surface area (Å²) < 4.78 is 29.9. The van der Waals surface area contributed by atoms with E-state index in [2.05, 4.69) is 5.32 Å². The molecule has 4 rings (SSSR count). The average molecular weight is 485 g/mol. The number of methoxy groups -OCH3 is 1. The summed E-state index contributed by atoms with van der Waals surface area (Å²) in [5, 5.41) is 3.68. The molecule has 1 aliphatic rings. The molecule has 1 N–H and O–H groups in total. The van der Waals surface area contributed by atoms with E-state index in [9.17, 15) is 14.0 Å². The second-order valence-corrected chi connectivity index (χ2v) is 7.80. The number of fused-ring (bicyclic) bond motifs is 1. The number of halogens is 2. The van der Waals surface area contributed by atoms with Crippen LogP contribution in [0.5, 0.6) is 11.5 Å². The highest BCUT2D eigenvalue weighted by atomic mass is 35.5. The van der Waals surface area contributed by atoms with E-state index in [1.807, 2.05) is 0 Å². The molecule has 7 nitrogen and oxygen atoms in total. The molecule has 3 aromatic rings. The first-order valence-corrected chi connectivity index (χ1v) is 10.9. The van der Waals surface area contributed by atoms with Gasteiger partial charge in [-0.2, -0.15) is 0 Å². The predicted molar refractivity (Wildman–Crippen MR) is 126 cm³/mol. The Bertz CT molecular complexity index is 1220. The SMILES string of the molecule is CCOC(=O)COc1c(OC)cc(Cl)cc1[C@H]1Nc2ccccc2C(=O)N1c1ccc(F)cc1. The summed E-state index contributed by atoms with van der Waals surface area (Å²) in [6.07, 6.45) is -0.808. The van der Waals surface area contributed by atoms with E-state index in [4.69, 9.17) is 25.8 Å². The van der Waals surface area contributed by atoms with Gasteiger partial charge in [-0.25, -0.2) is 9.18 Å². The smallest absolute Gasteiger partial charge is 0.344 e. The van der Waals surface area contributed by atoms with E-state index in [1.54, 1.807) is 43.3 Å². The van der Waals surface area contributed by atoms with Crippen LogP contribution in [0.3, 0.4) is 0 Å². The summed E-state index contributed by atoms with van der Waals surface area (Å²) in [6.45, 7) is 1.54. The highest BCUT2D eigenvalue weighted by Gasteiger charge is 2.36. The highest BCUT2D eigenvalue weighted by molar-refractivity contribution is 6.31. The summed E-state index contributed by atoms with van der Waals surface area (Å²) in [5.41, 5.74) is 1.95. The van der Waals surface area contributed by atoms with Gasteiger partial charge >= 0.3 is 5.97 Å². The minimum atomic E-state index is -0.808. The van der Waals surface area contributed by atoms with Crippen molar-refractivity contribution in [2.75, 3.05) is 30.5 Å². The van der Waals surface area contributed by atoms with Crippen molar-refractivity contribution in [1.29, 1.82) is 0 Å². The number of hydrogen-bond acceptors (Lipinski definition) is 6. The molecule has 0 saturated carbocycles. The maximum Gasteiger partial charge on any atom is 0.344 e. The molecule has 1 amide bonds. The van der Waals surface area contributed by atoms with Crippen LogP contribution in [-0.2, 0) is 9.53 Å². The van der Waals surface area contributed by atoms with Crippen LogP contribution in [0, 0.1) is 5.82 Å². The lowest BCUT2D eigenvalue weighted by Gasteiger charge is -2.38. The van der Waals surface area contributed by atoms with Gasteiger partial charge in [-0.15, -0.1) is 0 Å². The number of carbonyl (C=O) groups excluding carboxylic acids is 2. The number of amides is 1.